The van der Waals surface area contributed by atoms with Gasteiger partial charge >= 0.3 is 6.85 Å². The lowest BCUT2D eigenvalue weighted by Crippen LogP contribution is -2.56. The zero-order valence-electron chi connectivity index (χ0n) is 26.5. The van der Waals surface area contributed by atoms with E-state index in [2.05, 4.69) is 184 Å². The van der Waals surface area contributed by atoms with Crippen LogP contribution < -0.4 is 20.7 Å². The standard InChI is InChI=1S/C44H28BN3O/c1-4-15-29(16-5-1)46(30-17-6-2-7-18-30)36-25-14-26-37-40(36)35-24-12-23-33-32-22-13-27-38-41(32)45(48(37)43(33)35)42-34-21-10-11-28-39(34)49-44(42)47(38)31-19-8-3-9-20-31/h1-28H. The van der Waals surface area contributed by atoms with Crippen molar-refractivity contribution in [2.45, 2.75) is 0 Å². The number of hydrogen-bond acceptors (Lipinski definition) is 3. The van der Waals surface area contributed by atoms with Crippen molar-refractivity contribution in [1.82, 2.24) is 4.48 Å². The lowest BCUT2D eigenvalue weighted by molar-refractivity contribution is 0.622. The molecule has 4 nitrogen and oxygen atoms in total. The molecule has 0 saturated carbocycles. The molecule has 2 aliphatic rings. The van der Waals surface area contributed by atoms with Crippen LogP contribution in [0.25, 0.3) is 43.9 Å². The van der Waals surface area contributed by atoms with Crippen LogP contribution in [-0.2, 0) is 0 Å². The minimum atomic E-state index is -0.0862. The van der Waals surface area contributed by atoms with Gasteiger partial charge in [-0.1, -0.05) is 109 Å². The van der Waals surface area contributed by atoms with Gasteiger partial charge in [0.05, 0.1) is 5.69 Å². The molecule has 2 aliphatic heterocycles. The van der Waals surface area contributed by atoms with Gasteiger partial charge in [0, 0.05) is 61.0 Å². The van der Waals surface area contributed by atoms with Gasteiger partial charge in [0.25, 0.3) is 0 Å². The molecular formula is C44H28BN3O. The fourth-order valence-corrected chi connectivity index (χ4v) is 8.48. The minimum Gasteiger partial charge on any atom is -0.440 e. The number of fused-ring (bicyclic) bond motifs is 9. The molecule has 0 saturated heterocycles. The molecule has 7 aromatic carbocycles. The lowest BCUT2D eigenvalue weighted by atomic mass is 9.45. The van der Waals surface area contributed by atoms with Crippen LogP contribution in [0.15, 0.2) is 174 Å². The van der Waals surface area contributed by atoms with Crippen molar-refractivity contribution in [3.05, 3.63) is 170 Å². The topological polar surface area (TPSA) is 24.6 Å². The first-order valence-electron chi connectivity index (χ1n) is 16.8. The van der Waals surface area contributed by atoms with Gasteiger partial charge in [0.15, 0.2) is 0 Å². The Morgan fingerprint density at radius 3 is 1.92 bits per heavy atom. The van der Waals surface area contributed by atoms with E-state index in [9.17, 15) is 0 Å². The number of rotatable bonds is 4. The van der Waals surface area contributed by atoms with E-state index < -0.39 is 0 Å². The van der Waals surface area contributed by atoms with E-state index in [1.807, 2.05) is 0 Å². The second-order valence-corrected chi connectivity index (χ2v) is 12.9. The third kappa shape index (κ3) is 3.59. The van der Waals surface area contributed by atoms with E-state index >= 15 is 0 Å². The first-order chi connectivity index (χ1) is 24.4. The quantitative estimate of drug-likeness (QED) is 0.182. The van der Waals surface area contributed by atoms with Crippen LogP contribution in [0.4, 0.5) is 34.3 Å². The van der Waals surface area contributed by atoms with Crippen molar-refractivity contribution in [3.8, 4) is 11.1 Å². The van der Waals surface area contributed by atoms with E-state index in [0.717, 1.165) is 45.3 Å². The monoisotopic (exact) mass is 625 g/mol. The number of para-hydroxylation sites is 5. The molecule has 9 aromatic rings. The molecule has 0 amide bonds. The molecular weight excluding hydrogens is 597 g/mol. The zero-order valence-corrected chi connectivity index (χ0v) is 26.5. The highest BCUT2D eigenvalue weighted by molar-refractivity contribution is 6.91. The fourth-order valence-electron chi connectivity index (χ4n) is 8.48. The fraction of sp³-hybridized carbons (Fsp3) is 0. The zero-order chi connectivity index (χ0) is 32.1. The molecule has 0 bridgehead atoms. The molecule has 0 unspecified atom stereocenters. The molecule has 0 aliphatic carbocycles. The summed E-state index contributed by atoms with van der Waals surface area (Å²) >= 11 is 0. The average Bonchev–Trinajstić information content (AvgIpc) is 3.72. The van der Waals surface area contributed by atoms with E-state index in [4.69, 9.17) is 4.42 Å². The van der Waals surface area contributed by atoms with E-state index in [-0.39, 0.29) is 6.85 Å². The Balaban J connectivity index is 1.28. The summed E-state index contributed by atoms with van der Waals surface area (Å²) in [5.41, 5.74) is 14.0. The highest BCUT2D eigenvalue weighted by Crippen LogP contribution is 2.49. The Bertz CT molecular complexity index is 2690. The summed E-state index contributed by atoms with van der Waals surface area (Å²) < 4.78 is 9.47. The molecule has 0 spiro atoms. The normalized spacial score (nSPS) is 12.8. The van der Waals surface area contributed by atoms with Gasteiger partial charge in [-0.05, 0) is 71.7 Å². The predicted molar refractivity (Wildman–Crippen MR) is 204 cm³/mol. The van der Waals surface area contributed by atoms with Gasteiger partial charge < -0.3 is 13.8 Å². The van der Waals surface area contributed by atoms with Gasteiger partial charge in [-0.25, -0.2) is 0 Å². The lowest BCUT2D eigenvalue weighted by Gasteiger charge is -2.37. The van der Waals surface area contributed by atoms with Crippen LogP contribution >= 0.6 is 0 Å². The van der Waals surface area contributed by atoms with Crippen LogP contribution in [0.3, 0.4) is 0 Å². The van der Waals surface area contributed by atoms with Gasteiger partial charge in [0.1, 0.15) is 5.58 Å². The third-order valence-corrected chi connectivity index (χ3v) is 10.3. The number of aromatic nitrogens is 1. The van der Waals surface area contributed by atoms with E-state index in [1.165, 1.54) is 43.9 Å². The van der Waals surface area contributed by atoms with Crippen LogP contribution in [0, 0.1) is 0 Å². The van der Waals surface area contributed by atoms with Crippen molar-refractivity contribution in [2.75, 3.05) is 9.80 Å². The average molecular weight is 626 g/mol. The summed E-state index contributed by atoms with van der Waals surface area (Å²) in [4.78, 5) is 4.71. The highest BCUT2D eigenvalue weighted by Gasteiger charge is 2.45. The molecule has 49 heavy (non-hydrogen) atoms. The molecule has 5 heteroatoms. The van der Waals surface area contributed by atoms with Gasteiger partial charge in [-0.15, -0.1) is 0 Å². The van der Waals surface area contributed by atoms with Gasteiger partial charge in [0.2, 0.25) is 5.88 Å². The molecule has 11 rings (SSSR count). The maximum atomic E-state index is 6.86. The molecule has 4 heterocycles. The molecule has 0 atom stereocenters. The number of nitrogens with zero attached hydrogens (tertiary/aromatic N) is 3. The van der Waals surface area contributed by atoms with E-state index in [0.29, 0.717) is 0 Å². The first-order valence-corrected chi connectivity index (χ1v) is 16.8. The SMILES string of the molecule is c1ccc(N2c3cccc4c3B(c3c2oc2ccccc32)n2c3cccc(N(c5ccccc5)c5ccccc5)c3c3cccc-4c32)cc1. The van der Waals surface area contributed by atoms with Crippen LogP contribution in [0.1, 0.15) is 0 Å². The molecule has 2 aromatic heterocycles. The largest absolute Gasteiger partial charge is 0.440 e. The Kier molecular flexibility index (Phi) is 5.44. The summed E-state index contributed by atoms with van der Waals surface area (Å²) in [7, 11) is 0. The summed E-state index contributed by atoms with van der Waals surface area (Å²) in [6.07, 6.45) is 0. The Hall–Kier alpha value is -6.46. The predicted octanol–water partition coefficient (Wildman–Crippen LogP) is 10.4. The van der Waals surface area contributed by atoms with Crippen molar-refractivity contribution in [1.29, 1.82) is 0 Å². The van der Waals surface area contributed by atoms with Crippen molar-refractivity contribution in [3.63, 3.8) is 0 Å². The summed E-state index contributed by atoms with van der Waals surface area (Å²) in [6, 6.07) is 60.9. The van der Waals surface area contributed by atoms with Crippen LogP contribution in [0.2, 0.25) is 0 Å². The second kappa shape index (κ2) is 10.0. The second-order valence-electron chi connectivity index (χ2n) is 12.9. The number of furan rings is 1. The van der Waals surface area contributed by atoms with Crippen molar-refractivity contribution in [2.24, 2.45) is 0 Å². The Morgan fingerprint density at radius 1 is 0.510 bits per heavy atom. The Morgan fingerprint density at radius 2 is 1.14 bits per heavy atom. The molecule has 0 N–H and O–H groups in total. The molecule has 0 fully saturated rings. The minimum absolute atomic E-state index is 0.0862. The molecule has 228 valence electrons. The smallest absolute Gasteiger partial charge is 0.337 e. The number of hydrogen-bond donors (Lipinski definition) is 0. The summed E-state index contributed by atoms with van der Waals surface area (Å²) in [6.45, 7) is -0.0862. The summed E-state index contributed by atoms with van der Waals surface area (Å²) in [5, 5.41) is 3.63. The number of anilines is 6. The van der Waals surface area contributed by atoms with Crippen molar-refractivity contribution >= 4 is 84.9 Å². The van der Waals surface area contributed by atoms with Gasteiger partial charge in [-0.3, -0.25) is 4.90 Å². The maximum absolute atomic E-state index is 6.86. The Labute approximate surface area is 283 Å². The van der Waals surface area contributed by atoms with Crippen LogP contribution in [-0.4, -0.2) is 11.3 Å². The highest BCUT2D eigenvalue weighted by atomic mass is 16.4. The number of benzene rings is 7. The van der Waals surface area contributed by atoms with E-state index in [1.54, 1.807) is 0 Å². The van der Waals surface area contributed by atoms with Crippen molar-refractivity contribution < 1.29 is 4.42 Å². The van der Waals surface area contributed by atoms with Gasteiger partial charge in [-0.2, -0.15) is 0 Å². The maximum Gasteiger partial charge on any atom is 0.337 e. The summed E-state index contributed by atoms with van der Waals surface area (Å²) in [5.74, 6) is 0.878. The first kappa shape index (κ1) is 26.6. The molecule has 0 radical (unpaired) electrons. The van der Waals surface area contributed by atoms with Crippen LogP contribution in [0.5, 0.6) is 0 Å². The third-order valence-electron chi connectivity index (χ3n) is 10.3.